The molecule has 2 heterocycles. The van der Waals surface area contributed by atoms with Crippen LogP contribution < -0.4 is 4.74 Å². The first-order valence-corrected chi connectivity index (χ1v) is 9.21. The van der Waals surface area contributed by atoms with E-state index < -0.39 is 5.95 Å². The van der Waals surface area contributed by atoms with Crippen LogP contribution in [0.2, 0.25) is 0 Å². The maximum atomic E-state index is 14.3. The van der Waals surface area contributed by atoms with Crippen LogP contribution in [0.4, 0.5) is 4.39 Å². The number of pyridine rings is 1. The van der Waals surface area contributed by atoms with Crippen LogP contribution in [0.15, 0.2) is 48.7 Å². The number of aromatic nitrogens is 3. The third-order valence-electron chi connectivity index (χ3n) is 4.73. The largest absolute Gasteiger partial charge is 0.439 e. The summed E-state index contributed by atoms with van der Waals surface area (Å²) < 4.78 is 21.1. The Bertz CT molecular complexity index is 982. The van der Waals surface area contributed by atoms with E-state index in [4.69, 9.17) is 4.74 Å². The van der Waals surface area contributed by atoms with Crippen molar-refractivity contribution in [2.45, 2.75) is 32.4 Å². The summed E-state index contributed by atoms with van der Waals surface area (Å²) in [5.41, 5.74) is 1.31. The van der Waals surface area contributed by atoms with Gasteiger partial charge in [-0.25, -0.2) is 9.67 Å². The van der Waals surface area contributed by atoms with E-state index in [2.05, 4.69) is 10.1 Å². The molecule has 1 amide bonds. The smallest absolute Gasteiger partial charge is 0.260 e. The Kier molecular flexibility index (Phi) is 4.81. The van der Waals surface area contributed by atoms with E-state index in [0.717, 1.165) is 23.1 Å². The van der Waals surface area contributed by atoms with Gasteiger partial charge in [-0.2, -0.15) is 9.49 Å². The average molecular weight is 380 g/mol. The second-order valence-corrected chi connectivity index (χ2v) is 6.96. The lowest BCUT2D eigenvalue weighted by Gasteiger charge is -2.22. The van der Waals surface area contributed by atoms with Crippen LogP contribution in [0.3, 0.4) is 0 Å². The summed E-state index contributed by atoms with van der Waals surface area (Å²) in [5.74, 6) is 0.265. The number of amides is 1. The Morgan fingerprint density at radius 1 is 1.25 bits per heavy atom. The van der Waals surface area contributed by atoms with Crippen LogP contribution in [0, 0.1) is 12.9 Å². The molecular formula is C21H21FN4O2. The Balaban J connectivity index is 1.50. The molecule has 1 saturated carbocycles. The van der Waals surface area contributed by atoms with Crippen molar-refractivity contribution in [3.63, 3.8) is 0 Å². The molecule has 0 atom stereocenters. The van der Waals surface area contributed by atoms with Crippen molar-refractivity contribution in [2.24, 2.45) is 7.05 Å². The van der Waals surface area contributed by atoms with Crippen molar-refractivity contribution < 1.29 is 13.9 Å². The van der Waals surface area contributed by atoms with Crippen LogP contribution >= 0.6 is 0 Å². The molecule has 4 rings (SSSR count). The number of halogens is 1. The van der Waals surface area contributed by atoms with Gasteiger partial charge in [-0.1, -0.05) is 24.3 Å². The first-order valence-electron chi connectivity index (χ1n) is 9.21. The van der Waals surface area contributed by atoms with Gasteiger partial charge in [0.05, 0.1) is 5.69 Å². The minimum Gasteiger partial charge on any atom is -0.439 e. The van der Waals surface area contributed by atoms with Gasteiger partial charge >= 0.3 is 0 Å². The van der Waals surface area contributed by atoms with E-state index in [1.807, 2.05) is 36.4 Å². The predicted molar refractivity (Wildman–Crippen MR) is 102 cm³/mol. The van der Waals surface area contributed by atoms with Gasteiger partial charge < -0.3 is 9.64 Å². The third-order valence-corrected chi connectivity index (χ3v) is 4.73. The van der Waals surface area contributed by atoms with Gasteiger partial charge in [0.1, 0.15) is 11.3 Å². The lowest BCUT2D eigenvalue weighted by Crippen LogP contribution is -2.33. The van der Waals surface area contributed by atoms with E-state index in [1.54, 1.807) is 24.1 Å². The van der Waals surface area contributed by atoms with E-state index in [-0.39, 0.29) is 17.5 Å². The fraction of sp³-hybridized carbons (Fsp3) is 0.286. The number of carbonyl (C=O) groups is 1. The molecule has 0 bridgehead atoms. The topological polar surface area (TPSA) is 60.2 Å². The Morgan fingerprint density at radius 3 is 2.57 bits per heavy atom. The molecule has 6 nitrogen and oxygen atoms in total. The van der Waals surface area contributed by atoms with Crippen LogP contribution in [-0.4, -0.2) is 31.6 Å². The molecular weight excluding hydrogens is 359 g/mol. The number of rotatable bonds is 6. The van der Waals surface area contributed by atoms with E-state index in [0.29, 0.717) is 23.9 Å². The van der Waals surface area contributed by atoms with Gasteiger partial charge in [0, 0.05) is 31.9 Å². The van der Waals surface area contributed by atoms with Crippen molar-refractivity contribution in [1.82, 2.24) is 19.7 Å². The van der Waals surface area contributed by atoms with E-state index >= 15 is 0 Å². The number of carbonyl (C=O) groups excluding carboxylic acids is 1. The number of para-hydroxylation sites is 1. The molecule has 0 aliphatic heterocycles. The van der Waals surface area contributed by atoms with Crippen molar-refractivity contribution in [3.8, 4) is 11.6 Å². The zero-order chi connectivity index (χ0) is 19.7. The van der Waals surface area contributed by atoms with Gasteiger partial charge in [-0.15, -0.1) is 0 Å². The highest BCUT2D eigenvalue weighted by molar-refractivity contribution is 5.95. The minimum atomic E-state index is -0.599. The normalized spacial score (nSPS) is 13.4. The van der Waals surface area contributed by atoms with Gasteiger partial charge in [-0.05, 0) is 37.5 Å². The first-order chi connectivity index (χ1) is 13.5. The fourth-order valence-corrected chi connectivity index (χ4v) is 3.14. The van der Waals surface area contributed by atoms with E-state index in [9.17, 15) is 9.18 Å². The highest BCUT2D eigenvalue weighted by Crippen LogP contribution is 2.31. The fourth-order valence-electron chi connectivity index (χ4n) is 3.14. The average Bonchev–Trinajstić information content (AvgIpc) is 3.49. The van der Waals surface area contributed by atoms with Crippen molar-refractivity contribution in [1.29, 1.82) is 0 Å². The maximum absolute atomic E-state index is 14.3. The molecule has 144 valence electrons. The summed E-state index contributed by atoms with van der Waals surface area (Å²) in [6, 6.07) is 13.2. The molecule has 1 aliphatic rings. The van der Waals surface area contributed by atoms with E-state index in [1.165, 1.54) is 7.05 Å². The number of nitrogens with zero attached hydrogens (tertiary/aromatic N) is 4. The molecule has 0 radical (unpaired) electrons. The van der Waals surface area contributed by atoms with Gasteiger partial charge in [0.2, 0.25) is 11.8 Å². The van der Waals surface area contributed by atoms with Crippen molar-refractivity contribution >= 4 is 5.91 Å². The van der Waals surface area contributed by atoms with Crippen molar-refractivity contribution in [2.75, 3.05) is 0 Å². The predicted octanol–water partition coefficient (Wildman–Crippen LogP) is 3.86. The number of aryl methyl sites for hydroxylation is 2. The summed E-state index contributed by atoms with van der Waals surface area (Å²) >= 11 is 0. The molecule has 1 fully saturated rings. The highest BCUT2D eigenvalue weighted by Gasteiger charge is 2.36. The zero-order valence-corrected chi connectivity index (χ0v) is 15.8. The molecule has 0 spiro atoms. The maximum Gasteiger partial charge on any atom is 0.260 e. The minimum absolute atomic E-state index is 0.0476. The number of benzene rings is 1. The Morgan fingerprint density at radius 2 is 2.00 bits per heavy atom. The van der Waals surface area contributed by atoms with Crippen LogP contribution in [0.1, 0.15) is 34.5 Å². The summed E-state index contributed by atoms with van der Waals surface area (Å²) in [6.45, 7) is 2.02. The Labute approximate surface area is 162 Å². The van der Waals surface area contributed by atoms with Gasteiger partial charge in [0.25, 0.3) is 5.91 Å². The molecule has 2 aromatic heterocycles. The highest BCUT2D eigenvalue weighted by atomic mass is 19.1. The molecule has 1 aromatic carbocycles. The summed E-state index contributed by atoms with van der Waals surface area (Å²) in [6.07, 6.45) is 3.54. The van der Waals surface area contributed by atoms with Crippen LogP contribution in [0.25, 0.3) is 0 Å². The SMILES string of the molecule is Cc1nn(C)c(F)c1C(=O)N(Cc1ccc(Oc2ccccc2)nc1)C1CC1. The first kappa shape index (κ1) is 18.2. The molecule has 7 heteroatoms. The summed E-state index contributed by atoms with van der Waals surface area (Å²) in [5, 5.41) is 4.02. The number of ether oxygens (including phenoxy) is 1. The third kappa shape index (κ3) is 3.74. The monoisotopic (exact) mass is 380 g/mol. The summed E-state index contributed by atoms with van der Waals surface area (Å²) in [4.78, 5) is 19.0. The number of hydrogen-bond acceptors (Lipinski definition) is 4. The molecule has 0 N–H and O–H groups in total. The molecule has 0 saturated heterocycles. The molecule has 28 heavy (non-hydrogen) atoms. The quantitative estimate of drug-likeness (QED) is 0.652. The number of hydrogen-bond donors (Lipinski definition) is 0. The molecule has 0 unspecified atom stereocenters. The Hall–Kier alpha value is -3.22. The molecule has 3 aromatic rings. The van der Waals surface area contributed by atoms with Crippen LogP contribution in [0.5, 0.6) is 11.6 Å². The second-order valence-electron chi connectivity index (χ2n) is 6.96. The summed E-state index contributed by atoms with van der Waals surface area (Å²) in [7, 11) is 1.50. The van der Waals surface area contributed by atoms with Gasteiger partial charge in [-0.3, -0.25) is 4.79 Å². The van der Waals surface area contributed by atoms with Crippen molar-refractivity contribution in [3.05, 3.63) is 71.4 Å². The lowest BCUT2D eigenvalue weighted by atomic mass is 10.2. The zero-order valence-electron chi connectivity index (χ0n) is 15.8. The standard InChI is InChI=1S/C21H21FN4O2/c1-14-19(20(22)25(2)24-14)21(27)26(16-9-10-16)13-15-8-11-18(23-12-15)28-17-6-4-3-5-7-17/h3-8,11-12,16H,9-10,13H2,1-2H3. The molecule has 1 aliphatic carbocycles. The van der Waals surface area contributed by atoms with Crippen LogP contribution in [-0.2, 0) is 13.6 Å². The lowest BCUT2D eigenvalue weighted by molar-refractivity contribution is 0.0723. The van der Waals surface area contributed by atoms with Gasteiger partial charge in [0.15, 0.2) is 0 Å². The second kappa shape index (κ2) is 7.42.